The van der Waals surface area contributed by atoms with Crippen molar-refractivity contribution >= 4 is 27.3 Å². The number of ether oxygens (including phenoxy) is 2. The number of sulfonamides is 1. The topological polar surface area (TPSA) is 88.2 Å². The van der Waals surface area contributed by atoms with Crippen LogP contribution in [0.4, 0.5) is 0 Å². The van der Waals surface area contributed by atoms with E-state index in [-0.39, 0.29) is 16.8 Å². The highest BCUT2D eigenvalue weighted by Crippen LogP contribution is 2.33. The number of fused-ring (bicyclic) bond motifs is 1. The summed E-state index contributed by atoms with van der Waals surface area (Å²) in [7, 11) is -3.64. The van der Waals surface area contributed by atoms with Crippen LogP contribution in [0.3, 0.4) is 0 Å². The van der Waals surface area contributed by atoms with Gasteiger partial charge in [0.25, 0.3) is 0 Å². The number of carbonyl (C=O) groups excluding carboxylic acids is 1. The van der Waals surface area contributed by atoms with E-state index in [1.54, 1.807) is 29.5 Å². The Morgan fingerprint density at radius 1 is 1.12 bits per heavy atom. The van der Waals surface area contributed by atoms with Crippen LogP contribution in [-0.2, 0) is 21.2 Å². The Morgan fingerprint density at radius 2 is 1.88 bits per heavy atom. The molecule has 3 heterocycles. The Morgan fingerprint density at radius 3 is 2.59 bits per heavy atom. The van der Waals surface area contributed by atoms with Gasteiger partial charge in [-0.1, -0.05) is 6.07 Å². The normalized spacial score (nSPS) is 18.7. The van der Waals surface area contributed by atoms with Crippen molar-refractivity contribution in [1.82, 2.24) is 14.5 Å². The van der Waals surface area contributed by atoms with Crippen molar-refractivity contribution < 1.29 is 22.7 Å². The van der Waals surface area contributed by atoms with E-state index in [1.807, 2.05) is 23.3 Å². The second-order valence-electron chi connectivity index (χ2n) is 7.90. The highest BCUT2D eigenvalue weighted by atomic mass is 32.2. The molecule has 1 fully saturated rings. The minimum absolute atomic E-state index is 0.0271. The number of nitrogens with zero attached hydrogens (tertiary/aromatic N) is 2. The molecule has 0 radical (unpaired) electrons. The van der Waals surface area contributed by atoms with Crippen molar-refractivity contribution in [3.63, 3.8) is 0 Å². The zero-order valence-electron chi connectivity index (χ0n) is 18.2. The average Bonchev–Trinajstić information content (AvgIpc) is 3.21. The fourth-order valence-corrected chi connectivity index (χ4v) is 6.01. The first-order chi connectivity index (χ1) is 15.4. The van der Waals surface area contributed by atoms with E-state index in [2.05, 4.69) is 11.4 Å². The lowest BCUT2D eigenvalue weighted by atomic mass is 10.2. The maximum absolute atomic E-state index is 13.2. The van der Waals surface area contributed by atoms with Gasteiger partial charge >= 0.3 is 0 Å². The summed E-state index contributed by atoms with van der Waals surface area (Å²) >= 11 is 1.68. The van der Waals surface area contributed by atoms with Gasteiger partial charge in [-0.15, -0.1) is 11.3 Å². The summed E-state index contributed by atoms with van der Waals surface area (Å²) in [6.07, 6.45) is 1.58. The summed E-state index contributed by atoms with van der Waals surface area (Å²) in [5.41, 5.74) is 0. The van der Waals surface area contributed by atoms with Crippen LogP contribution in [0, 0.1) is 0 Å². The third-order valence-corrected chi connectivity index (χ3v) is 8.64. The number of rotatable bonds is 7. The Kier molecular flexibility index (Phi) is 7.34. The number of thiophene rings is 1. The molecule has 8 nitrogen and oxygen atoms in total. The van der Waals surface area contributed by atoms with E-state index < -0.39 is 10.0 Å². The lowest BCUT2D eigenvalue weighted by Gasteiger charge is -2.36. The van der Waals surface area contributed by atoms with Crippen LogP contribution < -0.4 is 14.8 Å². The number of benzene rings is 1. The smallest absolute Gasteiger partial charge is 0.243 e. The van der Waals surface area contributed by atoms with Gasteiger partial charge in [-0.25, -0.2) is 8.42 Å². The summed E-state index contributed by atoms with van der Waals surface area (Å²) in [6.45, 7) is 5.21. The van der Waals surface area contributed by atoms with Crippen molar-refractivity contribution in [1.29, 1.82) is 0 Å². The molecule has 0 bridgehead atoms. The molecular weight excluding hydrogens is 450 g/mol. The molecule has 0 unspecified atom stereocenters. The zero-order chi connectivity index (χ0) is 22.6. The Balaban J connectivity index is 1.31. The third kappa shape index (κ3) is 5.25. The van der Waals surface area contributed by atoms with Crippen LogP contribution in [0.15, 0.2) is 40.6 Å². The van der Waals surface area contributed by atoms with Crippen LogP contribution in [0.5, 0.6) is 11.5 Å². The largest absolute Gasteiger partial charge is 0.490 e. The van der Waals surface area contributed by atoms with Gasteiger partial charge in [0.05, 0.1) is 24.2 Å². The summed E-state index contributed by atoms with van der Waals surface area (Å²) in [6, 6.07) is 8.53. The predicted octanol–water partition coefficient (Wildman–Crippen LogP) is 1.96. The van der Waals surface area contributed by atoms with Crippen molar-refractivity contribution in [3.05, 3.63) is 40.6 Å². The van der Waals surface area contributed by atoms with E-state index in [9.17, 15) is 13.2 Å². The van der Waals surface area contributed by atoms with Gasteiger partial charge in [-0.2, -0.15) is 4.31 Å². The van der Waals surface area contributed by atoms with Gasteiger partial charge in [0.15, 0.2) is 11.5 Å². The van der Waals surface area contributed by atoms with Crippen molar-refractivity contribution in [2.75, 3.05) is 45.9 Å². The van der Waals surface area contributed by atoms with Gasteiger partial charge in [-0.05, 0) is 36.9 Å². The number of carbonyl (C=O) groups is 1. The second kappa shape index (κ2) is 10.2. The maximum Gasteiger partial charge on any atom is 0.243 e. The van der Waals surface area contributed by atoms with Crippen LogP contribution >= 0.6 is 11.3 Å². The molecule has 2 aliphatic heterocycles. The number of amides is 1. The van der Waals surface area contributed by atoms with Crippen LogP contribution in [0.2, 0.25) is 0 Å². The molecule has 10 heteroatoms. The molecule has 174 valence electrons. The van der Waals surface area contributed by atoms with E-state index in [4.69, 9.17) is 9.47 Å². The fourth-order valence-electron chi connectivity index (χ4n) is 3.86. The van der Waals surface area contributed by atoms with Crippen LogP contribution in [0.1, 0.15) is 18.2 Å². The second-order valence-corrected chi connectivity index (χ2v) is 10.9. The summed E-state index contributed by atoms with van der Waals surface area (Å²) < 4.78 is 39.0. The summed E-state index contributed by atoms with van der Waals surface area (Å²) in [5.74, 6) is 1.01. The molecule has 0 aliphatic carbocycles. The minimum atomic E-state index is -3.64. The highest BCUT2D eigenvalue weighted by Gasteiger charge is 2.32. The summed E-state index contributed by atoms with van der Waals surface area (Å²) in [5, 5.41) is 5.02. The van der Waals surface area contributed by atoms with Crippen molar-refractivity contribution in [2.24, 2.45) is 0 Å². The van der Waals surface area contributed by atoms with E-state index in [1.165, 1.54) is 9.18 Å². The molecule has 1 aromatic carbocycles. The first kappa shape index (κ1) is 23.0. The first-order valence-electron chi connectivity index (χ1n) is 10.9. The number of nitrogens with one attached hydrogen (secondary N) is 1. The molecule has 1 saturated heterocycles. The van der Waals surface area contributed by atoms with E-state index in [0.717, 1.165) is 12.8 Å². The molecule has 1 aromatic heterocycles. The SMILES string of the molecule is C[C@@H](C(=O)NCCc1cccs1)N1CCN(S(=O)(=O)c2ccc3c(c2)OCCCO3)CC1. The minimum Gasteiger partial charge on any atom is -0.490 e. The lowest BCUT2D eigenvalue weighted by molar-refractivity contribution is -0.126. The molecule has 32 heavy (non-hydrogen) atoms. The van der Waals surface area contributed by atoms with Crippen LogP contribution in [0.25, 0.3) is 0 Å². The molecule has 0 spiro atoms. The fraction of sp³-hybridized carbons (Fsp3) is 0.500. The van der Waals surface area contributed by atoms with Crippen molar-refractivity contribution in [2.45, 2.75) is 30.7 Å². The molecule has 2 aromatic rings. The molecule has 1 amide bonds. The Hall–Kier alpha value is -2.14. The first-order valence-corrected chi connectivity index (χ1v) is 13.2. The molecule has 1 N–H and O–H groups in total. The number of hydrogen-bond acceptors (Lipinski definition) is 7. The van der Waals surface area contributed by atoms with E-state index >= 15 is 0 Å². The quantitative estimate of drug-likeness (QED) is 0.653. The van der Waals surface area contributed by atoms with Gasteiger partial charge in [-0.3, -0.25) is 9.69 Å². The van der Waals surface area contributed by atoms with Gasteiger partial charge in [0, 0.05) is 50.1 Å². The maximum atomic E-state index is 13.2. The highest BCUT2D eigenvalue weighted by molar-refractivity contribution is 7.89. The molecular formula is C22H29N3O5S2. The van der Waals surface area contributed by atoms with Crippen molar-refractivity contribution in [3.8, 4) is 11.5 Å². The molecule has 4 rings (SSSR count). The molecule has 2 aliphatic rings. The zero-order valence-corrected chi connectivity index (χ0v) is 19.8. The standard InChI is InChI=1S/C22H29N3O5S2/c1-17(22(26)23-8-7-18-4-2-15-31-18)24-9-11-25(12-10-24)32(27,28)19-5-6-20-21(16-19)30-14-3-13-29-20/h2,4-6,15-17H,3,7-14H2,1H3,(H,23,26)/t17-/m0/s1. The van der Waals surface area contributed by atoms with Crippen LogP contribution in [-0.4, -0.2) is 75.5 Å². The van der Waals surface area contributed by atoms with E-state index in [0.29, 0.717) is 57.4 Å². The Bertz CT molecular complexity index is 1020. The number of piperazine rings is 1. The number of hydrogen-bond donors (Lipinski definition) is 1. The molecule has 0 saturated carbocycles. The van der Waals surface area contributed by atoms with Gasteiger partial charge in [0.2, 0.25) is 15.9 Å². The Labute approximate surface area is 193 Å². The predicted molar refractivity (Wildman–Crippen MR) is 123 cm³/mol. The van der Waals surface area contributed by atoms with Gasteiger partial charge < -0.3 is 14.8 Å². The molecule has 1 atom stereocenters. The van der Waals surface area contributed by atoms with Gasteiger partial charge in [0.1, 0.15) is 0 Å². The third-order valence-electron chi connectivity index (χ3n) is 5.81. The average molecular weight is 480 g/mol. The lowest BCUT2D eigenvalue weighted by Crippen LogP contribution is -2.55. The monoisotopic (exact) mass is 479 g/mol. The summed E-state index contributed by atoms with van der Waals surface area (Å²) in [4.78, 5) is 16.0.